The molecule has 0 aliphatic carbocycles. The lowest BCUT2D eigenvalue weighted by Gasteiger charge is -2.14. The van der Waals surface area contributed by atoms with Gasteiger partial charge in [0.1, 0.15) is 4.88 Å². The monoisotopic (exact) mass is 331 g/mol. The minimum Gasteiger partial charge on any atom is -0.448 e. The molecule has 2 aromatic rings. The molecule has 23 heavy (non-hydrogen) atoms. The molecule has 6 heteroatoms. The Hall–Kier alpha value is -2.47. The summed E-state index contributed by atoms with van der Waals surface area (Å²) >= 11 is 1.27. The highest BCUT2D eigenvalue weighted by Crippen LogP contribution is 2.19. The van der Waals surface area contributed by atoms with Gasteiger partial charge in [0.2, 0.25) is 0 Å². The molecule has 0 bridgehead atoms. The molecule has 0 fully saturated rings. The second kappa shape index (κ2) is 7.19. The molecule has 1 heterocycles. The summed E-state index contributed by atoms with van der Waals surface area (Å²) in [6, 6.07) is 8.51. The number of ether oxygens (including phenoxy) is 1. The quantitative estimate of drug-likeness (QED) is 0.673. The molecule has 0 spiro atoms. The van der Waals surface area contributed by atoms with Gasteiger partial charge in [0.15, 0.2) is 11.9 Å². The lowest BCUT2D eigenvalue weighted by Crippen LogP contribution is -2.30. The molecule has 1 aromatic carbocycles. The summed E-state index contributed by atoms with van der Waals surface area (Å²) in [5.74, 6) is -1.17. The molecular formula is C17H17NO4S. The first-order valence-electron chi connectivity index (χ1n) is 7.06. The molecule has 0 unspecified atom stereocenters. The van der Waals surface area contributed by atoms with Crippen LogP contribution in [0, 0.1) is 6.92 Å². The van der Waals surface area contributed by atoms with Crippen LogP contribution in [0.2, 0.25) is 0 Å². The highest BCUT2D eigenvalue weighted by Gasteiger charge is 2.21. The maximum atomic E-state index is 12.2. The Bertz CT molecular complexity index is 751. The van der Waals surface area contributed by atoms with E-state index in [-0.39, 0.29) is 5.78 Å². The van der Waals surface area contributed by atoms with Crippen LogP contribution in [-0.2, 0) is 9.53 Å². The zero-order valence-electron chi connectivity index (χ0n) is 13.1. The number of esters is 1. The number of hydrogen-bond donors (Lipinski definition) is 1. The van der Waals surface area contributed by atoms with Gasteiger partial charge in [0.05, 0.1) is 5.69 Å². The van der Waals surface area contributed by atoms with Crippen LogP contribution in [0.25, 0.3) is 0 Å². The van der Waals surface area contributed by atoms with Crippen LogP contribution in [0.1, 0.15) is 39.4 Å². The molecule has 1 amide bonds. The molecule has 0 radical (unpaired) electrons. The van der Waals surface area contributed by atoms with Crippen molar-refractivity contribution in [2.45, 2.75) is 26.9 Å². The number of amides is 1. The van der Waals surface area contributed by atoms with E-state index >= 15 is 0 Å². The minimum absolute atomic E-state index is 0.153. The van der Waals surface area contributed by atoms with Gasteiger partial charge in [-0.25, -0.2) is 4.79 Å². The summed E-state index contributed by atoms with van der Waals surface area (Å²) in [6.07, 6.45) is -0.969. The van der Waals surface area contributed by atoms with Crippen molar-refractivity contribution in [3.05, 3.63) is 51.7 Å². The fourth-order valence-electron chi connectivity index (χ4n) is 1.98. The van der Waals surface area contributed by atoms with Crippen molar-refractivity contribution in [2.24, 2.45) is 0 Å². The van der Waals surface area contributed by atoms with Crippen molar-refractivity contribution in [1.29, 1.82) is 0 Å². The second-order valence-corrected chi connectivity index (χ2v) is 5.99. The first-order chi connectivity index (χ1) is 10.9. The normalized spacial score (nSPS) is 11.6. The van der Waals surface area contributed by atoms with E-state index in [0.717, 1.165) is 5.56 Å². The van der Waals surface area contributed by atoms with Crippen molar-refractivity contribution in [2.75, 3.05) is 5.32 Å². The van der Waals surface area contributed by atoms with Gasteiger partial charge in [0.25, 0.3) is 5.91 Å². The van der Waals surface area contributed by atoms with Crippen molar-refractivity contribution < 1.29 is 19.1 Å². The van der Waals surface area contributed by atoms with Gasteiger partial charge >= 0.3 is 5.97 Å². The van der Waals surface area contributed by atoms with Gasteiger partial charge < -0.3 is 10.1 Å². The molecular weight excluding hydrogens is 314 g/mol. The van der Waals surface area contributed by atoms with Crippen molar-refractivity contribution in [1.82, 2.24) is 0 Å². The third-order valence-electron chi connectivity index (χ3n) is 3.26. The standard InChI is InChI=1S/C17H17NO4S/c1-10-8-9-23-15(10)17(21)22-12(3)16(20)18-14-7-5-4-6-13(14)11(2)19/h4-9,12H,1-3H3,(H,18,20)/t12-/m1/s1. The Balaban J connectivity index is 2.05. The predicted octanol–water partition coefficient (Wildman–Crippen LogP) is 3.44. The van der Waals surface area contributed by atoms with E-state index in [0.29, 0.717) is 16.1 Å². The first-order valence-corrected chi connectivity index (χ1v) is 7.94. The van der Waals surface area contributed by atoms with E-state index in [1.807, 2.05) is 6.07 Å². The third kappa shape index (κ3) is 4.04. The van der Waals surface area contributed by atoms with E-state index in [9.17, 15) is 14.4 Å². The largest absolute Gasteiger partial charge is 0.448 e. The number of benzene rings is 1. The average molecular weight is 331 g/mol. The van der Waals surface area contributed by atoms with Gasteiger partial charge in [-0.05, 0) is 49.9 Å². The average Bonchev–Trinajstić information content (AvgIpc) is 2.93. The number of carbonyl (C=O) groups is 3. The Labute approximate surface area is 138 Å². The lowest BCUT2D eigenvalue weighted by atomic mass is 10.1. The molecule has 2 rings (SSSR count). The summed E-state index contributed by atoms with van der Waals surface area (Å²) in [7, 11) is 0. The number of Topliss-reactive ketones (excluding diaryl/α,β-unsaturated/α-hetero) is 1. The SMILES string of the molecule is CC(=O)c1ccccc1NC(=O)[C@@H](C)OC(=O)c1sccc1C. The highest BCUT2D eigenvalue weighted by molar-refractivity contribution is 7.12. The number of thiophene rings is 1. The predicted molar refractivity (Wildman–Crippen MR) is 89.0 cm³/mol. The van der Waals surface area contributed by atoms with E-state index in [4.69, 9.17) is 4.74 Å². The molecule has 1 N–H and O–H groups in total. The van der Waals surface area contributed by atoms with Crippen LogP contribution >= 0.6 is 11.3 Å². The van der Waals surface area contributed by atoms with Crippen LogP contribution in [0.4, 0.5) is 5.69 Å². The Morgan fingerprint density at radius 1 is 1.17 bits per heavy atom. The third-order valence-corrected chi connectivity index (χ3v) is 4.26. The number of carbonyl (C=O) groups excluding carboxylic acids is 3. The number of anilines is 1. The van der Waals surface area contributed by atoms with Gasteiger partial charge in [0, 0.05) is 5.56 Å². The van der Waals surface area contributed by atoms with Crippen LogP contribution in [0.3, 0.4) is 0 Å². The molecule has 1 aromatic heterocycles. The zero-order valence-corrected chi connectivity index (χ0v) is 13.9. The van der Waals surface area contributed by atoms with Crippen LogP contribution in [-0.4, -0.2) is 23.8 Å². The second-order valence-electron chi connectivity index (χ2n) is 5.07. The number of rotatable bonds is 5. The number of aryl methyl sites for hydroxylation is 1. The number of hydrogen-bond acceptors (Lipinski definition) is 5. The van der Waals surface area contributed by atoms with Gasteiger partial charge in [-0.3, -0.25) is 9.59 Å². The number of para-hydroxylation sites is 1. The maximum absolute atomic E-state index is 12.2. The zero-order chi connectivity index (χ0) is 17.0. The Morgan fingerprint density at radius 2 is 1.87 bits per heavy atom. The summed E-state index contributed by atoms with van der Waals surface area (Å²) in [5.41, 5.74) is 1.63. The fraction of sp³-hybridized carbons (Fsp3) is 0.235. The molecule has 0 saturated heterocycles. The van der Waals surface area contributed by atoms with Crippen LogP contribution in [0.5, 0.6) is 0 Å². The molecule has 0 aliphatic heterocycles. The van der Waals surface area contributed by atoms with E-state index in [1.54, 1.807) is 36.6 Å². The van der Waals surface area contributed by atoms with Gasteiger partial charge in [-0.15, -0.1) is 11.3 Å². The summed E-state index contributed by atoms with van der Waals surface area (Å²) in [5, 5.41) is 4.41. The van der Waals surface area contributed by atoms with Gasteiger partial charge in [-0.1, -0.05) is 12.1 Å². The summed E-state index contributed by atoms with van der Waals surface area (Å²) in [4.78, 5) is 36.2. The van der Waals surface area contributed by atoms with Crippen molar-refractivity contribution in [3.8, 4) is 0 Å². The Kier molecular flexibility index (Phi) is 5.28. The Morgan fingerprint density at radius 3 is 2.48 bits per heavy atom. The molecule has 0 saturated carbocycles. The van der Waals surface area contributed by atoms with Crippen molar-refractivity contribution in [3.63, 3.8) is 0 Å². The first kappa shape index (κ1) is 16.9. The van der Waals surface area contributed by atoms with Crippen molar-refractivity contribution >= 4 is 34.7 Å². The van der Waals surface area contributed by atoms with Crippen LogP contribution < -0.4 is 5.32 Å². The highest BCUT2D eigenvalue weighted by atomic mass is 32.1. The fourth-order valence-corrected chi connectivity index (χ4v) is 2.79. The molecule has 1 atom stereocenters. The maximum Gasteiger partial charge on any atom is 0.349 e. The minimum atomic E-state index is -0.969. The van der Waals surface area contributed by atoms with E-state index < -0.39 is 18.0 Å². The molecule has 0 aliphatic rings. The summed E-state index contributed by atoms with van der Waals surface area (Å²) in [6.45, 7) is 4.72. The topological polar surface area (TPSA) is 72.5 Å². The number of nitrogens with one attached hydrogen (secondary N) is 1. The van der Waals surface area contributed by atoms with Gasteiger partial charge in [-0.2, -0.15) is 0 Å². The summed E-state index contributed by atoms with van der Waals surface area (Å²) < 4.78 is 5.18. The molecule has 120 valence electrons. The number of ketones is 1. The lowest BCUT2D eigenvalue weighted by molar-refractivity contribution is -0.123. The van der Waals surface area contributed by atoms with E-state index in [2.05, 4.69) is 5.32 Å². The van der Waals surface area contributed by atoms with E-state index in [1.165, 1.54) is 25.2 Å². The molecule has 5 nitrogen and oxygen atoms in total. The van der Waals surface area contributed by atoms with Crippen LogP contribution in [0.15, 0.2) is 35.7 Å². The smallest absolute Gasteiger partial charge is 0.349 e.